The van der Waals surface area contributed by atoms with Gasteiger partial charge in [-0.25, -0.2) is 13.2 Å². The van der Waals surface area contributed by atoms with Crippen LogP contribution in [-0.4, -0.2) is 25.8 Å². The van der Waals surface area contributed by atoms with Gasteiger partial charge in [-0.05, 0) is 41.0 Å². The van der Waals surface area contributed by atoms with Crippen molar-refractivity contribution in [2.45, 2.75) is 63.1 Å². The lowest BCUT2D eigenvalue weighted by Crippen LogP contribution is -2.30. The first kappa shape index (κ1) is 19.9. The van der Waals surface area contributed by atoms with E-state index in [1.165, 1.54) is 24.8 Å². The van der Waals surface area contributed by atoms with E-state index in [9.17, 15) is 13.2 Å². The van der Waals surface area contributed by atoms with Gasteiger partial charge in [-0.15, -0.1) is 0 Å². The van der Waals surface area contributed by atoms with Crippen molar-refractivity contribution in [1.82, 2.24) is 0 Å². The molecule has 0 bridgehead atoms. The van der Waals surface area contributed by atoms with Crippen LogP contribution in [0.2, 0.25) is 0 Å². The molecular formula is C23H27F3O. The molecule has 27 heavy (non-hydrogen) atoms. The van der Waals surface area contributed by atoms with Gasteiger partial charge in [-0.2, -0.15) is 0 Å². The highest BCUT2D eigenvalue weighted by atomic mass is 19.2. The second-order valence-corrected chi connectivity index (χ2v) is 7.37. The Kier molecular flexibility index (Phi) is 6.95. The lowest BCUT2D eigenvalue weighted by molar-refractivity contribution is -0.0838. The Balaban J connectivity index is 1.88. The third-order valence-corrected chi connectivity index (χ3v) is 5.50. The monoisotopic (exact) mass is 376 g/mol. The summed E-state index contributed by atoms with van der Waals surface area (Å²) in [5, 5.41) is 0. The second-order valence-electron chi connectivity index (χ2n) is 7.37. The molecule has 1 nitrogen and oxygen atoms in total. The molecule has 0 aliphatic heterocycles. The molecule has 4 heteroatoms. The number of hydrogen-bond acceptors (Lipinski definition) is 1. The van der Waals surface area contributed by atoms with Gasteiger partial charge in [-0.1, -0.05) is 67.8 Å². The van der Waals surface area contributed by atoms with Crippen LogP contribution in [0.5, 0.6) is 0 Å². The summed E-state index contributed by atoms with van der Waals surface area (Å²) in [7, 11) is 1.04. The van der Waals surface area contributed by atoms with Gasteiger partial charge in [0.1, 0.15) is 6.17 Å². The Morgan fingerprint density at radius 2 is 1.67 bits per heavy atom. The summed E-state index contributed by atoms with van der Waals surface area (Å²) in [4.78, 5) is 0. The summed E-state index contributed by atoms with van der Waals surface area (Å²) >= 11 is 0. The van der Waals surface area contributed by atoms with Crippen molar-refractivity contribution in [2.24, 2.45) is 0 Å². The van der Waals surface area contributed by atoms with Gasteiger partial charge in [0.15, 0.2) is 6.17 Å². The first-order chi connectivity index (χ1) is 13.1. The van der Waals surface area contributed by atoms with Crippen LogP contribution >= 0.6 is 0 Å². The normalized spacial score (nSPS) is 18.8. The fraction of sp³-hybridized carbons (Fsp3) is 0.478. The lowest BCUT2D eigenvalue weighted by Gasteiger charge is -2.25. The lowest BCUT2D eigenvalue weighted by atomic mass is 9.80. The molecule has 2 aromatic carbocycles. The molecule has 1 saturated carbocycles. The van der Waals surface area contributed by atoms with E-state index in [-0.39, 0.29) is 6.42 Å². The summed E-state index contributed by atoms with van der Waals surface area (Å²) in [6.07, 6.45) is -0.724. The van der Waals surface area contributed by atoms with Crippen molar-refractivity contribution in [3.8, 4) is 11.1 Å². The number of benzene rings is 2. The van der Waals surface area contributed by atoms with Gasteiger partial charge in [0, 0.05) is 13.5 Å². The van der Waals surface area contributed by atoms with Gasteiger partial charge in [0.25, 0.3) is 0 Å². The first-order valence-electron chi connectivity index (χ1n) is 9.73. The molecule has 0 radical (unpaired) electrons. The highest BCUT2D eigenvalue weighted by Gasteiger charge is 2.30. The third kappa shape index (κ3) is 4.92. The number of alkyl halides is 3. The molecule has 3 rings (SSSR count). The number of rotatable bonds is 7. The molecular weight excluding hydrogens is 349 g/mol. The van der Waals surface area contributed by atoms with E-state index < -0.39 is 18.7 Å². The van der Waals surface area contributed by atoms with Crippen molar-refractivity contribution in [3.63, 3.8) is 0 Å². The van der Waals surface area contributed by atoms with Crippen molar-refractivity contribution >= 4 is 0 Å². The Morgan fingerprint density at radius 3 is 2.33 bits per heavy atom. The van der Waals surface area contributed by atoms with Crippen LogP contribution in [0.3, 0.4) is 0 Å². The minimum absolute atomic E-state index is 0.153. The molecule has 2 aromatic rings. The third-order valence-electron chi connectivity index (χ3n) is 5.50. The van der Waals surface area contributed by atoms with Crippen LogP contribution in [0.25, 0.3) is 11.1 Å². The average molecular weight is 376 g/mol. The zero-order valence-electron chi connectivity index (χ0n) is 15.7. The van der Waals surface area contributed by atoms with Crippen LogP contribution in [-0.2, 0) is 11.2 Å². The average Bonchev–Trinajstić information content (AvgIpc) is 2.73. The molecule has 0 aromatic heterocycles. The summed E-state index contributed by atoms with van der Waals surface area (Å²) in [6.45, 7) is 0. The maximum absolute atomic E-state index is 14.2. The Morgan fingerprint density at radius 1 is 0.963 bits per heavy atom. The summed E-state index contributed by atoms with van der Waals surface area (Å²) in [6, 6.07) is 16.0. The zero-order valence-corrected chi connectivity index (χ0v) is 15.7. The summed E-state index contributed by atoms with van der Waals surface area (Å²) in [5.74, 6) is 0.432. The van der Waals surface area contributed by atoms with E-state index in [1.807, 2.05) is 36.4 Å². The smallest absolute Gasteiger partial charge is 0.233 e. The Hall–Kier alpha value is -1.81. The minimum atomic E-state index is -2.28. The van der Waals surface area contributed by atoms with Crippen LogP contribution in [0.15, 0.2) is 48.5 Å². The predicted molar refractivity (Wildman–Crippen MR) is 103 cm³/mol. The number of methoxy groups -OCH3 is 1. The van der Waals surface area contributed by atoms with E-state index in [0.29, 0.717) is 11.5 Å². The number of halogens is 3. The van der Waals surface area contributed by atoms with Crippen molar-refractivity contribution in [3.05, 3.63) is 59.7 Å². The standard InChI is InChI=1S/C23H27F3O/c1-27-23(26)22(25)21(24)15-16-12-13-19(17-8-4-2-5-9-17)20(14-16)18-10-6-3-7-11-18/h2,4-5,8-9,12-14,18,21-23H,3,6-7,10-11,15H2,1H3. The molecule has 3 unspecified atom stereocenters. The van der Waals surface area contributed by atoms with E-state index >= 15 is 0 Å². The zero-order chi connectivity index (χ0) is 19.2. The second kappa shape index (κ2) is 9.41. The van der Waals surface area contributed by atoms with Gasteiger partial charge >= 0.3 is 0 Å². The highest BCUT2D eigenvalue weighted by Crippen LogP contribution is 2.39. The van der Waals surface area contributed by atoms with Gasteiger partial charge in [0.05, 0.1) is 0 Å². The molecule has 0 heterocycles. The van der Waals surface area contributed by atoms with E-state index in [2.05, 4.69) is 16.9 Å². The first-order valence-corrected chi connectivity index (χ1v) is 9.73. The summed E-state index contributed by atoms with van der Waals surface area (Å²) in [5.41, 5.74) is 4.19. The molecule has 0 N–H and O–H groups in total. The molecule has 146 valence electrons. The molecule has 1 aliphatic rings. The Bertz CT molecular complexity index is 713. The Labute approximate surface area is 159 Å². The van der Waals surface area contributed by atoms with E-state index in [4.69, 9.17) is 0 Å². The molecule has 0 saturated heterocycles. The van der Waals surface area contributed by atoms with Crippen LogP contribution in [0.1, 0.15) is 49.1 Å². The van der Waals surface area contributed by atoms with Crippen LogP contribution in [0.4, 0.5) is 13.2 Å². The van der Waals surface area contributed by atoms with Gasteiger partial charge in [0.2, 0.25) is 6.36 Å². The fourth-order valence-electron chi connectivity index (χ4n) is 4.00. The van der Waals surface area contributed by atoms with Gasteiger partial charge < -0.3 is 4.74 Å². The predicted octanol–water partition coefficient (Wildman–Crippen LogP) is 6.56. The van der Waals surface area contributed by atoms with Crippen LogP contribution < -0.4 is 0 Å². The molecule has 0 amide bonds. The number of hydrogen-bond donors (Lipinski definition) is 0. The largest absolute Gasteiger partial charge is 0.349 e. The quantitative estimate of drug-likeness (QED) is 0.531. The van der Waals surface area contributed by atoms with Crippen molar-refractivity contribution in [2.75, 3.05) is 7.11 Å². The molecule has 1 fully saturated rings. The topological polar surface area (TPSA) is 9.23 Å². The SMILES string of the molecule is COC(F)C(F)C(F)Cc1ccc(-c2ccccc2)c(C2CCCCC2)c1. The van der Waals surface area contributed by atoms with Crippen LogP contribution in [0, 0.1) is 0 Å². The maximum atomic E-state index is 14.2. The highest BCUT2D eigenvalue weighted by molar-refractivity contribution is 5.68. The maximum Gasteiger partial charge on any atom is 0.233 e. The molecule has 3 atom stereocenters. The number of ether oxygens (including phenoxy) is 1. The van der Waals surface area contributed by atoms with E-state index in [0.717, 1.165) is 31.1 Å². The van der Waals surface area contributed by atoms with Crippen molar-refractivity contribution < 1.29 is 17.9 Å². The molecule has 1 aliphatic carbocycles. The minimum Gasteiger partial charge on any atom is -0.349 e. The summed E-state index contributed by atoms with van der Waals surface area (Å²) < 4.78 is 45.6. The van der Waals surface area contributed by atoms with E-state index in [1.54, 1.807) is 0 Å². The fourth-order valence-corrected chi connectivity index (χ4v) is 4.00. The van der Waals surface area contributed by atoms with Gasteiger partial charge in [-0.3, -0.25) is 0 Å². The molecule has 0 spiro atoms. The van der Waals surface area contributed by atoms with Crippen molar-refractivity contribution in [1.29, 1.82) is 0 Å².